The molecule has 0 aromatic heterocycles. The van der Waals surface area contributed by atoms with Crippen molar-refractivity contribution >= 4 is 0 Å². The van der Waals surface area contributed by atoms with Gasteiger partial charge < -0.3 is 11.5 Å². The Morgan fingerprint density at radius 1 is 0.800 bits per heavy atom. The van der Waals surface area contributed by atoms with E-state index in [2.05, 4.69) is 52.0 Å². The van der Waals surface area contributed by atoms with Crippen LogP contribution in [-0.2, 0) is 10.8 Å². The van der Waals surface area contributed by atoms with Gasteiger partial charge in [-0.3, -0.25) is 0 Å². The van der Waals surface area contributed by atoms with E-state index in [4.69, 9.17) is 11.5 Å². The fourth-order valence-electron chi connectivity index (χ4n) is 2.80. The smallest absolute Gasteiger partial charge is 0.0824 e. The summed E-state index contributed by atoms with van der Waals surface area (Å²) in [5, 5.41) is 0. The highest BCUT2D eigenvalue weighted by atomic mass is 15.0. The van der Waals surface area contributed by atoms with Gasteiger partial charge in [0.2, 0.25) is 0 Å². The van der Waals surface area contributed by atoms with Crippen molar-refractivity contribution < 1.29 is 0 Å². The Kier molecular flexibility index (Phi) is 1.87. The summed E-state index contributed by atoms with van der Waals surface area (Å²) in [4.78, 5) is 0. The minimum absolute atomic E-state index is 0.187. The SMILES string of the molecule is CC1(C)c2ccccc2C(C)(C)C1(N)N. The van der Waals surface area contributed by atoms with Crippen LogP contribution in [0, 0.1) is 0 Å². The van der Waals surface area contributed by atoms with Crippen LogP contribution >= 0.6 is 0 Å². The second-order valence-corrected chi connectivity index (χ2v) is 5.66. The third-order valence-corrected chi connectivity index (χ3v) is 4.34. The lowest BCUT2D eigenvalue weighted by Crippen LogP contribution is -2.68. The third kappa shape index (κ3) is 1.01. The molecule has 0 saturated carbocycles. The molecule has 0 heterocycles. The van der Waals surface area contributed by atoms with Crippen LogP contribution in [0.15, 0.2) is 24.3 Å². The largest absolute Gasteiger partial charge is 0.312 e. The molecule has 0 fully saturated rings. The molecule has 4 N–H and O–H groups in total. The molecule has 2 heteroatoms. The van der Waals surface area contributed by atoms with Gasteiger partial charge in [0, 0.05) is 10.8 Å². The highest BCUT2D eigenvalue weighted by molar-refractivity contribution is 5.50. The van der Waals surface area contributed by atoms with Gasteiger partial charge in [-0.1, -0.05) is 52.0 Å². The average Bonchev–Trinajstić information content (AvgIpc) is 2.26. The van der Waals surface area contributed by atoms with Crippen molar-refractivity contribution in [1.29, 1.82) is 0 Å². The Hall–Kier alpha value is -0.860. The fourth-order valence-corrected chi connectivity index (χ4v) is 2.80. The van der Waals surface area contributed by atoms with E-state index < -0.39 is 5.66 Å². The zero-order valence-corrected chi connectivity index (χ0v) is 9.96. The van der Waals surface area contributed by atoms with Crippen LogP contribution in [0.4, 0.5) is 0 Å². The molecule has 1 aliphatic rings. The number of fused-ring (bicyclic) bond motifs is 1. The van der Waals surface area contributed by atoms with E-state index in [0.717, 1.165) is 0 Å². The van der Waals surface area contributed by atoms with Gasteiger partial charge in [0.15, 0.2) is 0 Å². The van der Waals surface area contributed by atoms with Gasteiger partial charge in [-0.2, -0.15) is 0 Å². The lowest BCUT2D eigenvalue weighted by atomic mass is 9.70. The molecule has 1 aromatic carbocycles. The Morgan fingerprint density at radius 2 is 1.13 bits per heavy atom. The van der Waals surface area contributed by atoms with Crippen LogP contribution in [0.25, 0.3) is 0 Å². The van der Waals surface area contributed by atoms with Gasteiger partial charge in [0.1, 0.15) is 0 Å². The van der Waals surface area contributed by atoms with E-state index in [1.54, 1.807) is 0 Å². The van der Waals surface area contributed by atoms with Crippen LogP contribution in [-0.4, -0.2) is 5.66 Å². The summed E-state index contributed by atoms with van der Waals surface area (Å²) < 4.78 is 0. The third-order valence-electron chi connectivity index (χ3n) is 4.34. The van der Waals surface area contributed by atoms with Gasteiger partial charge in [-0.25, -0.2) is 0 Å². The topological polar surface area (TPSA) is 52.0 Å². The van der Waals surface area contributed by atoms with Gasteiger partial charge in [0.25, 0.3) is 0 Å². The molecular weight excluding hydrogens is 184 g/mol. The molecule has 2 nitrogen and oxygen atoms in total. The first-order valence-corrected chi connectivity index (χ1v) is 5.40. The van der Waals surface area contributed by atoms with E-state index >= 15 is 0 Å². The molecule has 1 aromatic rings. The van der Waals surface area contributed by atoms with Gasteiger partial charge in [-0.15, -0.1) is 0 Å². The van der Waals surface area contributed by atoms with Crippen molar-refractivity contribution in [2.24, 2.45) is 11.5 Å². The van der Waals surface area contributed by atoms with Crippen molar-refractivity contribution in [1.82, 2.24) is 0 Å². The van der Waals surface area contributed by atoms with Crippen molar-refractivity contribution in [3.8, 4) is 0 Å². The molecule has 0 spiro atoms. The van der Waals surface area contributed by atoms with Crippen molar-refractivity contribution in [2.75, 3.05) is 0 Å². The molecule has 0 atom stereocenters. The van der Waals surface area contributed by atoms with Crippen LogP contribution in [0.1, 0.15) is 38.8 Å². The first-order chi connectivity index (χ1) is 6.73. The van der Waals surface area contributed by atoms with E-state index in [9.17, 15) is 0 Å². The standard InChI is InChI=1S/C13H20N2/c1-11(2)9-7-5-6-8-10(9)12(3,4)13(11,14)15/h5-8H,14-15H2,1-4H3. The number of rotatable bonds is 0. The molecule has 0 unspecified atom stereocenters. The molecule has 0 aliphatic heterocycles. The normalized spacial score (nSPS) is 24.9. The average molecular weight is 204 g/mol. The summed E-state index contributed by atoms with van der Waals surface area (Å²) in [5.41, 5.74) is 14.2. The first kappa shape index (κ1) is 10.7. The highest BCUT2D eigenvalue weighted by Gasteiger charge is 2.58. The van der Waals surface area contributed by atoms with E-state index in [1.807, 2.05) is 0 Å². The highest BCUT2D eigenvalue weighted by Crippen LogP contribution is 2.52. The van der Waals surface area contributed by atoms with E-state index in [-0.39, 0.29) is 10.8 Å². The predicted molar refractivity (Wildman–Crippen MR) is 63.6 cm³/mol. The molecule has 82 valence electrons. The molecule has 0 amide bonds. The Labute approximate surface area is 91.7 Å². The minimum Gasteiger partial charge on any atom is -0.312 e. The summed E-state index contributed by atoms with van der Waals surface area (Å²) in [7, 11) is 0. The zero-order valence-electron chi connectivity index (χ0n) is 9.96. The molecule has 0 bridgehead atoms. The van der Waals surface area contributed by atoms with E-state index in [0.29, 0.717) is 0 Å². The van der Waals surface area contributed by atoms with Crippen molar-refractivity contribution in [2.45, 2.75) is 44.2 Å². The molecule has 2 rings (SSSR count). The maximum Gasteiger partial charge on any atom is 0.0824 e. The maximum atomic E-state index is 6.36. The van der Waals surface area contributed by atoms with Crippen molar-refractivity contribution in [3.63, 3.8) is 0 Å². The van der Waals surface area contributed by atoms with Crippen LogP contribution in [0.3, 0.4) is 0 Å². The minimum atomic E-state index is -0.705. The summed E-state index contributed by atoms with van der Waals surface area (Å²) in [5.74, 6) is 0. The summed E-state index contributed by atoms with van der Waals surface area (Å²) in [6.07, 6.45) is 0. The lowest BCUT2D eigenvalue weighted by Gasteiger charge is -2.43. The zero-order chi connectivity index (χ0) is 11.5. The van der Waals surface area contributed by atoms with Crippen LogP contribution in [0.2, 0.25) is 0 Å². The Balaban J connectivity index is 2.78. The molecule has 15 heavy (non-hydrogen) atoms. The number of hydrogen-bond donors (Lipinski definition) is 2. The Bertz CT molecular complexity index is 366. The maximum absolute atomic E-state index is 6.36. The second kappa shape index (κ2) is 2.63. The van der Waals surface area contributed by atoms with E-state index in [1.165, 1.54) is 11.1 Å². The molecule has 0 saturated heterocycles. The summed E-state index contributed by atoms with van der Waals surface area (Å²) >= 11 is 0. The van der Waals surface area contributed by atoms with Gasteiger partial charge in [-0.05, 0) is 11.1 Å². The number of hydrogen-bond acceptors (Lipinski definition) is 2. The lowest BCUT2D eigenvalue weighted by molar-refractivity contribution is 0.190. The van der Waals surface area contributed by atoms with Crippen molar-refractivity contribution in [3.05, 3.63) is 35.4 Å². The molecular formula is C13H20N2. The van der Waals surface area contributed by atoms with Crippen LogP contribution in [0.5, 0.6) is 0 Å². The fraction of sp³-hybridized carbons (Fsp3) is 0.538. The predicted octanol–water partition coefficient (Wildman–Crippen LogP) is 1.87. The molecule has 0 radical (unpaired) electrons. The first-order valence-electron chi connectivity index (χ1n) is 5.40. The second-order valence-electron chi connectivity index (χ2n) is 5.66. The van der Waals surface area contributed by atoms with Gasteiger partial charge >= 0.3 is 0 Å². The monoisotopic (exact) mass is 204 g/mol. The summed E-state index contributed by atoms with van der Waals surface area (Å²) in [6.45, 7) is 8.50. The Morgan fingerprint density at radius 3 is 1.47 bits per heavy atom. The summed E-state index contributed by atoms with van der Waals surface area (Å²) in [6, 6.07) is 8.38. The quantitative estimate of drug-likeness (QED) is 0.634. The van der Waals surface area contributed by atoms with Crippen LogP contribution < -0.4 is 11.5 Å². The molecule has 1 aliphatic carbocycles. The number of nitrogens with two attached hydrogens (primary N) is 2. The van der Waals surface area contributed by atoms with Gasteiger partial charge in [0.05, 0.1) is 5.66 Å². The number of benzene rings is 1.